The molecule has 21 heavy (non-hydrogen) atoms. The fourth-order valence-electron chi connectivity index (χ4n) is 1.89. The Morgan fingerprint density at radius 2 is 2.00 bits per heavy atom. The minimum Gasteiger partial charge on any atom is -0.398 e. The molecule has 0 unspecified atom stereocenters. The van der Waals surface area contributed by atoms with Crippen LogP contribution in [0.5, 0.6) is 0 Å². The molecule has 0 bridgehead atoms. The third-order valence-electron chi connectivity index (χ3n) is 2.86. The number of anilines is 1. The quantitative estimate of drug-likeness (QED) is 0.703. The fourth-order valence-corrected chi connectivity index (χ4v) is 2.47. The summed E-state index contributed by atoms with van der Waals surface area (Å²) < 4.78 is 15.5. The van der Waals surface area contributed by atoms with Crippen LogP contribution in [0, 0.1) is 5.82 Å². The van der Waals surface area contributed by atoms with Crippen LogP contribution in [-0.2, 0) is 0 Å². The number of hydrogen-bond donors (Lipinski definition) is 1. The zero-order chi connectivity index (χ0) is 15.0. The van der Waals surface area contributed by atoms with Gasteiger partial charge in [-0.15, -0.1) is 5.10 Å². The molecular weight excluding hydrogens is 361 g/mol. The first-order chi connectivity index (χ1) is 10.1. The number of aromatic nitrogens is 4. The molecule has 0 radical (unpaired) electrons. The predicted molar refractivity (Wildman–Crippen MR) is 81.7 cm³/mol. The number of nitrogens with two attached hydrogens (primary N) is 1. The van der Waals surface area contributed by atoms with E-state index in [1.807, 2.05) is 0 Å². The molecule has 2 N–H and O–H groups in total. The van der Waals surface area contributed by atoms with Gasteiger partial charge in [0.15, 0.2) is 5.82 Å². The van der Waals surface area contributed by atoms with Gasteiger partial charge in [-0.1, -0.05) is 11.6 Å². The smallest absolute Gasteiger partial charge is 0.189 e. The highest BCUT2D eigenvalue weighted by Crippen LogP contribution is 2.30. The van der Waals surface area contributed by atoms with E-state index in [9.17, 15) is 4.39 Å². The van der Waals surface area contributed by atoms with Crippen molar-refractivity contribution in [3.05, 3.63) is 51.7 Å². The summed E-state index contributed by atoms with van der Waals surface area (Å²) in [6.07, 6.45) is 0. The van der Waals surface area contributed by atoms with Crippen molar-refractivity contribution >= 4 is 33.2 Å². The Labute approximate surface area is 132 Å². The van der Waals surface area contributed by atoms with Crippen molar-refractivity contribution in [2.45, 2.75) is 0 Å². The van der Waals surface area contributed by atoms with E-state index >= 15 is 0 Å². The molecule has 1 heterocycles. The first kappa shape index (κ1) is 14.0. The van der Waals surface area contributed by atoms with E-state index in [4.69, 9.17) is 17.3 Å². The summed E-state index contributed by atoms with van der Waals surface area (Å²) in [5.74, 6) is -0.0185. The topological polar surface area (TPSA) is 69.6 Å². The molecule has 0 atom stereocenters. The van der Waals surface area contributed by atoms with Crippen LogP contribution in [0.25, 0.3) is 17.1 Å². The van der Waals surface area contributed by atoms with Gasteiger partial charge in [-0.3, -0.25) is 0 Å². The number of nitrogen functional groups attached to an aromatic ring is 1. The molecular formula is C13H8BrClFN5. The van der Waals surface area contributed by atoms with E-state index in [0.29, 0.717) is 32.3 Å². The van der Waals surface area contributed by atoms with Crippen molar-refractivity contribution in [2.24, 2.45) is 0 Å². The third-order valence-corrected chi connectivity index (χ3v) is 3.77. The molecule has 0 saturated carbocycles. The highest BCUT2D eigenvalue weighted by Gasteiger charge is 2.16. The summed E-state index contributed by atoms with van der Waals surface area (Å²) in [7, 11) is 0. The van der Waals surface area contributed by atoms with E-state index in [0.717, 1.165) is 0 Å². The first-order valence-electron chi connectivity index (χ1n) is 5.85. The molecule has 0 aliphatic carbocycles. The molecule has 3 rings (SSSR count). The average molecular weight is 369 g/mol. The van der Waals surface area contributed by atoms with Crippen molar-refractivity contribution < 1.29 is 4.39 Å². The number of rotatable bonds is 2. The molecule has 0 saturated heterocycles. The lowest BCUT2D eigenvalue weighted by Crippen LogP contribution is -2.03. The molecule has 0 amide bonds. The van der Waals surface area contributed by atoms with Gasteiger partial charge in [0.05, 0.1) is 5.69 Å². The maximum Gasteiger partial charge on any atom is 0.189 e. The Bertz CT molecular complexity index is 754. The Morgan fingerprint density at radius 3 is 2.81 bits per heavy atom. The number of benzene rings is 2. The normalized spacial score (nSPS) is 10.8. The van der Waals surface area contributed by atoms with Crippen LogP contribution in [0.3, 0.4) is 0 Å². The van der Waals surface area contributed by atoms with Gasteiger partial charge in [-0.05, 0) is 56.7 Å². The lowest BCUT2D eigenvalue weighted by atomic mass is 10.1. The van der Waals surface area contributed by atoms with E-state index in [-0.39, 0.29) is 0 Å². The van der Waals surface area contributed by atoms with Crippen molar-refractivity contribution in [2.75, 3.05) is 5.73 Å². The molecule has 3 aromatic rings. The molecule has 0 aliphatic heterocycles. The largest absolute Gasteiger partial charge is 0.398 e. The maximum atomic E-state index is 13.5. The van der Waals surface area contributed by atoms with Crippen molar-refractivity contribution in [1.82, 2.24) is 20.2 Å². The summed E-state index contributed by atoms with van der Waals surface area (Å²) in [4.78, 5) is 0. The number of halogens is 3. The van der Waals surface area contributed by atoms with Crippen molar-refractivity contribution in [3.63, 3.8) is 0 Å². The molecule has 0 spiro atoms. The van der Waals surface area contributed by atoms with Gasteiger partial charge in [0, 0.05) is 26.8 Å². The maximum absolute atomic E-state index is 13.5. The minimum absolute atomic E-state index is 0.376. The van der Waals surface area contributed by atoms with Gasteiger partial charge >= 0.3 is 0 Å². The van der Waals surface area contributed by atoms with Gasteiger partial charge in [0.1, 0.15) is 5.82 Å². The van der Waals surface area contributed by atoms with E-state index < -0.39 is 5.82 Å². The summed E-state index contributed by atoms with van der Waals surface area (Å²) >= 11 is 9.34. The number of hydrogen-bond acceptors (Lipinski definition) is 4. The molecule has 0 aliphatic rings. The van der Waals surface area contributed by atoms with Gasteiger partial charge in [-0.2, -0.15) is 4.68 Å². The molecule has 5 nitrogen and oxygen atoms in total. The summed E-state index contributed by atoms with van der Waals surface area (Å²) in [5.41, 5.74) is 7.46. The van der Waals surface area contributed by atoms with Crippen molar-refractivity contribution in [1.29, 1.82) is 0 Å². The summed E-state index contributed by atoms with van der Waals surface area (Å²) in [6, 6.07) is 9.24. The Morgan fingerprint density at radius 1 is 1.19 bits per heavy atom. The standard InChI is InChI=1S/C13H8BrClFN5/c14-10-3-2-8(16)6-12(10)21-13(18-19-20-21)9-5-7(15)1-4-11(9)17/h1-6H,17H2. The monoisotopic (exact) mass is 367 g/mol. The molecule has 1 aromatic heterocycles. The highest BCUT2D eigenvalue weighted by atomic mass is 79.9. The van der Waals surface area contributed by atoms with Crippen molar-refractivity contribution in [3.8, 4) is 17.1 Å². The van der Waals surface area contributed by atoms with Crippen LogP contribution in [-0.4, -0.2) is 20.2 Å². The van der Waals surface area contributed by atoms with E-state index in [2.05, 4.69) is 31.5 Å². The zero-order valence-corrected chi connectivity index (χ0v) is 12.8. The zero-order valence-electron chi connectivity index (χ0n) is 10.5. The molecule has 0 fully saturated rings. The minimum atomic E-state index is -0.395. The molecule has 8 heteroatoms. The van der Waals surface area contributed by atoms with Crippen LogP contribution < -0.4 is 5.73 Å². The van der Waals surface area contributed by atoms with Gasteiger partial charge < -0.3 is 5.73 Å². The Balaban J connectivity index is 2.22. The average Bonchev–Trinajstić information content (AvgIpc) is 2.93. The Hall–Kier alpha value is -1.99. The molecule has 2 aromatic carbocycles. The van der Waals surface area contributed by atoms with E-state index in [1.54, 1.807) is 24.3 Å². The highest BCUT2D eigenvalue weighted by molar-refractivity contribution is 9.10. The first-order valence-corrected chi connectivity index (χ1v) is 7.02. The molecule has 106 valence electrons. The summed E-state index contributed by atoms with van der Waals surface area (Å²) in [6.45, 7) is 0. The second-order valence-corrected chi connectivity index (χ2v) is 5.53. The van der Waals surface area contributed by atoms with Gasteiger partial charge in [-0.25, -0.2) is 4.39 Å². The van der Waals surface area contributed by atoms with Crippen LogP contribution >= 0.6 is 27.5 Å². The second-order valence-electron chi connectivity index (χ2n) is 4.24. The SMILES string of the molecule is Nc1ccc(Cl)cc1-c1nnnn1-c1cc(F)ccc1Br. The van der Waals surface area contributed by atoms with E-state index in [1.165, 1.54) is 16.8 Å². The number of tetrazole rings is 1. The van der Waals surface area contributed by atoms with Gasteiger partial charge in [0.25, 0.3) is 0 Å². The van der Waals surface area contributed by atoms with Gasteiger partial charge in [0.2, 0.25) is 0 Å². The fraction of sp³-hybridized carbons (Fsp3) is 0. The van der Waals surface area contributed by atoms with Crippen LogP contribution in [0.1, 0.15) is 0 Å². The third kappa shape index (κ3) is 2.62. The number of nitrogens with zero attached hydrogens (tertiary/aromatic N) is 4. The Kier molecular flexibility index (Phi) is 3.60. The predicted octanol–water partition coefficient (Wildman–Crippen LogP) is 3.47. The summed E-state index contributed by atoms with van der Waals surface area (Å²) in [5, 5.41) is 12.0. The van der Waals surface area contributed by atoms with Crippen LogP contribution in [0.2, 0.25) is 5.02 Å². The van der Waals surface area contributed by atoms with Crippen LogP contribution in [0.15, 0.2) is 40.9 Å². The second kappa shape index (κ2) is 5.42. The lowest BCUT2D eigenvalue weighted by molar-refractivity contribution is 0.624. The lowest BCUT2D eigenvalue weighted by Gasteiger charge is -2.09. The van der Waals surface area contributed by atoms with Crippen LogP contribution in [0.4, 0.5) is 10.1 Å².